The Morgan fingerprint density at radius 2 is 1.56 bits per heavy atom. The lowest BCUT2D eigenvalue weighted by Crippen LogP contribution is -2.47. The number of hydrogen-bond donors (Lipinski definition) is 2. The number of likely N-dealkylation sites (N-methyl/N-ethyl adjacent to an activating group) is 1. The topological polar surface area (TPSA) is 64.7 Å². The molecule has 2 aromatic rings. The number of nitrogens with one attached hydrogen (secondary N) is 2. The molecule has 0 aromatic heterocycles. The summed E-state index contributed by atoms with van der Waals surface area (Å²) in [5.41, 5.74) is 4.42. The normalized spacial score (nSPS) is 16.9. The lowest BCUT2D eigenvalue weighted by atomic mass is 10.1. The van der Waals surface area contributed by atoms with Gasteiger partial charge >= 0.3 is 0 Å². The van der Waals surface area contributed by atoms with Crippen molar-refractivity contribution in [2.24, 2.45) is 0 Å². The standard InChI is InChI=1S/C21H24N4O2/c1-24-8-10-25(11-9-24)21(27)15-4-6-19(7-5-15)23-20(26)16-2-3-17-13-22-14-18(17)12-16/h2-7,12,22H,8-11,13-14H2,1H3,(H,23,26). The molecule has 6 nitrogen and oxygen atoms in total. The van der Waals surface area contributed by atoms with Gasteiger partial charge < -0.3 is 20.4 Å². The van der Waals surface area contributed by atoms with Crippen LogP contribution in [0, 0.1) is 0 Å². The number of carbonyl (C=O) groups is 2. The van der Waals surface area contributed by atoms with Gasteiger partial charge in [-0.25, -0.2) is 0 Å². The van der Waals surface area contributed by atoms with E-state index in [2.05, 4.69) is 22.6 Å². The maximum atomic E-state index is 12.6. The molecule has 4 rings (SSSR count). The summed E-state index contributed by atoms with van der Waals surface area (Å²) in [5, 5.41) is 6.19. The van der Waals surface area contributed by atoms with E-state index in [0.29, 0.717) is 16.8 Å². The fraction of sp³-hybridized carbons (Fsp3) is 0.333. The third-order valence-corrected chi connectivity index (χ3v) is 5.28. The Kier molecular flexibility index (Phi) is 4.92. The fourth-order valence-electron chi connectivity index (χ4n) is 3.53. The third kappa shape index (κ3) is 3.86. The molecule has 0 spiro atoms. The molecule has 2 aliphatic rings. The number of piperazine rings is 1. The predicted molar refractivity (Wildman–Crippen MR) is 105 cm³/mol. The van der Waals surface area contributed by atoms with Gasteiger partial charge in [0.25, 0.3) is 11.8 Å². The van der Waals surface area contributed by atoms with Crippen molar-refractivity contribution in [2.45, 2.75) is 13.1 Å². The van der Waals surface area contributed by atoms with E-state index in [-0.39, 0.29) is 11.8 Å². The summed E-state index contributed by atoms with van der Waals surface area (Å²) in [5.74, 6) is -0.0880. The quantitative estimate of drug-likeness (QED) is 0.874. The highest BCUT2D eigenvalue weighted by Crippen LogP contribution is 2.19. The summed E-state index contributed by atoms with van der Waals surface area (Å²) in [6, 6.07) is 12.9. The average Bonchev–Trinajstić information content (AvgIpc) is 3.16. The number of hydrogen-bond acceptors (Lipinski definition) is 4. The maximum Gasteiger partial charge on any atom is 0.255 e. The number of benzene rings is 2. The largest absolute Gasteiger partial charge is 0.336 e. The lowest BCUT2D eigenvalue weighted by Gasteiger charge is -2.32. The van der Waals surface area contributed by atoms with E-state index in [1.54, 1.807) is 24.3 Å². The molecule has 2 aromatic carbocycles. The Bertz CT molecular complexity index is 855. The minimum absolute atomic E-state index is 0.0482. The number of amides is 2. The molecule has 6 heteroatoms. The Labute approximate surface area is 159 Å². The molecule has 1 fully saturated rings. The summed E-state index contributed by atoms with van der Waals surface area (Å²) in [7, 11) is 2.07. The molecule has 27 heavy (non-hydrogen) atoms. The molecule has 2 N–H and O–H groups in total. The highest BCUT2D eigenvalue weighted by Gasteiger charge is 2.20. The van der Waals surface area contributed by atoms with Crippen LogP contribution in [0.5, 0.6) is 0 Å². The minimum atomic E-state index is -0.136. The Morgan fingerprint density at radius 1 is 0.889 bits per heavy atom. The smallest absolute Gasteiger partial charge is 0.255 e. The van der Waals surface area contributed by atoms with Gasteiger partial charge in [0.1, 0.15) is 0 Å². The van der Waals surface area contributed by atoms with Crippen molar-refractivity contribution < 1.29 is 9.59 Å². The summed E-state index contributed by atoms with van der Waals surface area (Å²) < 4.78 is 0. The van der Waals surface area contributed by atoms with Crippen LogP contribution in [-0.4, -0.2) is 54.8 Å². The SMILES string of the molecule is CN1CCN(C(=O)c2ccc(NC(=O)c3ccc4c(c3)CNC4)cc2)CC1. The van der Waals surface area contributed by atoms with Crippen molar-refractivity contribution >= 4 is 17.5 Å². The van der Waals surface area contributed by atoms with E-state index in [0.717, 1.165) is 39.3 Å². The molecule has 1 saturated heterocycles. The van der Waals surface area contributed by atoms with Crippen molar-refractivity contribution in [3.8, 4) is 0 Å². The third-order valence-electron chi connectivity index (χ3n) is 5.28. The van der Waals surface area contributed by atoms with Crippen molar-refractivity contribution in [3.05, 3.63) is 64.7 Å². The first-order valence-corrected chi connectivity index (χ1v) is 9.32. The predicted octanol–water partition coefficient (Wildman–Crippen LogP) is 1.93. The summed E-state index contributed by atoms with van der Waals surface area (Å²) >= 11 is 0. The van der Waals surface area contributed by atoms with Gasteiger partial charge in [-0.3, -0.25) is 9.59 Å². The van der Waals surface area contributed by atoms with Gasteiger partial charge in [0.15, 0.2) is 0 Å². The molecule has 0 bridgehead atoms. The average molecular weight is 364 g/mol. The Morgan fingerprint density at radius 3 is 2.30 bits per heavy atom. The van der Waals surface area contributed by atoms with Gasteiger partial charge in [-0.1, -0.05) is 6.07 Å². The van der Waals surface area contributed by atoms with Gasteiger partial charge in [0, 0.05) is 56.1 Å². The molecule has 0 radical (unpaired) electrons. The summed E-state index contributed by atoms with van der Waals surface area (Å²) in [4.78, 5) is 29.2. The zero-order valence-corrected chi connectivity index (χ0v) is 15.5. The van der Waals surface area contributed by atoms with Crippen molar-refractivity contribution in [1.29, 1.82) is 0 Å². The van der Waals surface area contributed by atoms with Gasteiger partial charge in [0.05, 0.1) is 0 Å². The number of rotatable bonds is 3. The van der Waals surface area contributed by atoms with Crippen LogP contribution in [0.3, 0.4) is 0 Å². The van der Waals surface area contributed by atoms with Crippen LogP contribution in [0.4, 0.5) is 5.69 Å². The second-order valence-corrected chi connectivity index (χ2v) is 7.21. The zero-order valence-electron chi connectivity index (χ0n) is 15.5. The minimum Gasteiger partial charge on any atom is -0.336 e. The van der Waals surface area contributed by atoms with Crippen LogP contribution in [0.2, 0.25) is 0 Å². The van der Waals surface area contributed by atoms with E-state index < -0.39 is 0 Å². The van der Waals surface area contributed by atoms with Gasteiger partial charge in [-0.05, 0) is 54.6 Å². The van der Waals surface area contributed by atoms with Crippen LogP contribution in [-0.2, 0) is 13.1 Å². The molecule has 0 aliphatic carbocycles. The zero-order chi connectivity index (χ0) is 18.8. The fourth-order valence-corrected chi connectivity index (χ4v) is 3.53. The van der Waals surface area contributed by atoms with E-state index >= 15 is 0 Å². The van der Waals surface area contributed by atoms with E-state index in [9.17, 15) is 9.59 Å². The van der Waals surface area contributed by atoms with Gasteiger partial charge in [0.2, 0.25) is 0 Å². The second-order valence-electron chi connectivity index (χ2n) is 7.21. The number of nitrogens with zero attached hydrogens (tertiary/aromatic N) is 2. The molecule has 0 unspecified atom stereocenters. The van der Waals surface area contributed by atoms with E-state index in [1.165, 1.54) is 11.1 Å². The van der Waals surface area contributed by atoms with Crippen LogP contribution < -0.4 is 10.6 Å². The van der Waals surface area contributed by atoms with E-state index in [1.807, 2.05) is 23.1 Å². The first-order chi connectivity index (χ1) is 13.1. The highest BCUT2D eigenvalue weighted by molar-refractivity contribution is 6.04. The molecule has 2 heterocycles. The van der Waals surface area contributed by atoms with Crippen molar-refractivity contribution in [1.82, 2.24) is 15.1 Å². The lowest BCUT2D eigenvalue weighted by molar-refractivity contribution is 0.0664. The second kappa shape index (κ2) is 7.50. The Balaban J connectivity index is 1.40. The number of anilines is 1. The molecular weight excluding hydrogens is 340 g/mol. The first kappa shape index (κ1) is 17.7. The molecular formula is C21H24N4O2. The van der Waals surface area contributed by atoms with Crippen LogP contribution in [0.1, 0.15) is 31.8 Å². The molecule has 0 saturated carbocycles. The monoisotopic (exact) mass is 364 g/mol. The van der Waals surface area contributed by atoms with Gasteiger partial charge in [-0.2, -0.15) is 0 Å². The molecule has 0 atom stereocenters. The van der Waals surface area contributed by atoms with Crippen LogP contribution in [0.15, 0.2) is 42.5 Å². The number of carbonyl (C=O) groups excluding carboxylic acids is 2. The first-order valence-electron chi connectivity index (χ1n) is 9.32. The van der Waals surface area contributed by atoms with Crippen LogP contribution >= 0.6 is 0 Å². The maximum absolute atomic E-state index is 12.6. The van der Waals surface area contributed by atoms with Crippen molar-refractivity contribution in [3.63, 3.8) is 0 Å². The molecule has 2 aliphatic heterocycles. The van der Waals surface area contributed by atoms with Gasteiger partial charge in [-0.15, -0.1) is 0 Å². The van der Waals surface area contributed by atoms with Crippen LogP contribution in [0.25, 0.3) is 0 Å². The molecule has 2 amide bonds. The summed E-state index contributed by atoms with van der Waals surface area (Å²) in [6.07, 6.45) is 0. The highest BCUT2D eigenvalue weighted by atomic mass is 16.2. The van der Waals surface area contributed by atoms with Crippen molar-refractivity contribution in [2.75, 3.05) is 38.5 Å². The number of fused-ring (bicyclic) bond motifs is 1. The Hall–Kier alpha value is -2.70. The van der Waals surface area contributed by atoms with E-state index in [4.69, 9.17) is 0 Å². The molecule has 140 valence electrons. The summed E-state index contributed by atoms with van der Waals surface area (Å²) in [6.45, 7) is 4.97.